The number of rotatable bonds is 6. The van der Waals surface area contributed by atoms with Gasteiger partial charge in [-0.2, -0.15) is 4.31 Å². The molecule has 1 atom stereocenters. The smallest absolute Gasteiger partial charge is 0.220 e. The van der Waals surface area contributed by atoms with Crippen molar-refractivity contribution in [2.24, 2.45) is 0 Å². The minimum atomic E-state index is -3.53. The van der Waals surface area contributed by atoms with E-state index in [4.69, 9.17) is 0 Å². The average Bonchev–Trinajstić information content (AvgIpc) is 2.63. The maximum absolute atomic E-state index is 13.2. The van der Waals surface area contributed by atoms with Crippen LogP contribution in [0.5, 0.6) is 0 Å². The Morgan fingerprint density at radius 2 is 1.44 bits per heavy atom. The molecule has 3 rings (SSSR count). The first-order valence-corrected chi connectivity index (χ1v) is 9.89. The largest absolute Gasteiger partial charge is 0.355 e. The van der Waals surface area contributed by atoms with E-state index in [-0.39, 0.29) is 18.9 Å². The molecular weight excluding hydrogens is 336 g/mol. The number of carbonyl (C=O) groups excluding carboxylic acids is 1. The van der Waals surface area contributed by atoms with Crippen molar-refractivity contribution < 1.29 is 13.2 Å². The molecule has 1 N–H and O–H groups in total. The summed E-state index contributed by atoms with van der Waals surface area (Å²) in [5.41, 5.74) is 1.89. The molecule has 1 saturated heterocycles. The number of carbonyl (C=O) groups is 1. The fourth-order valence-corrected chi connectivity index (χ4v) is 4.77. The predicted octanol–water partition coefficient (Wildman–Crippen LogP) is 2.30. The van der Waals surface area contributed by atoms with Gasteiger partial charge < -0.3 is 5.32 Å². The molecule has 1 aliphatic heterocycles. The summed E-state index contributed by atoms with van der Waals surface area (Å²) in [7, 11) is -3.53. The summed E-state index contributed by atoms with van der Waals surface area (Å²) in [4.78, 5) is 11.4. The van der Waals surface area contributed by atoms with E-state index in [1.165, 1.54) is 4.31 Å². The highest BCUT2D eigenvalue weighted by atomic mass is 32.2. The number of piperidine rings is 1. The summed E-state index contributed by atoms with van der Waals surface area (Å²) >= 11 is 0. The van der Waals surface area contributed by atoms with Gasteiger partial charge in [-0.05, 0) is 17.5 Å². The van der Waals surface area contributed by atoms with Crippen LogP contribution in [-0.2, 0) is 27.9 Å². The maximum atomic E-state index is 13.2. The van der Waals surface area contributed by atoms with Gasteiger partial charge in [0.1, 0.15) is 0 Å². The number of sulfonamides is 1. The van der Waals surface area contributed by atoms with Crippen molar-refractivity contribution in [2.45, 2.75) is 31.2 Å². The van der Waals surface area contributed by atoms with Crippen LogP contribution in [0.25, 0.3) is 0 Å². The van der Waals surface area contributed by atoms with E-state index in [0.717, 1.165) is 11.1 Å². The molecule has 1 amide bonds. The highest BCUT2D eigenvalue weighted by Crippen LogP contribution is 2.21. The normalized spacial score (nSPS) is 18.1. The summed E-state index contributed by atoms with van der Waals surface area (Å²) in [6.45, 7) is 0.826. The third-order valence-corrected chi connectivity index (χ3v) is 6.63. The van der Waals surface area contributed by atoms with Crippen LogP contribution in [-0.4, -0.2) is 30.4 Å². The van der Waals surface area contributed by atoms with Gasteiger partial charge >= 0.3 is 0 Å². The van der Waals surface area contributed by atoms with Crippen LogP contribution >= 0.6 is 0 Å². The number of hydrogen-bond donors (Lipinski definition) is 1. The molecular formula is C19H22N2O3S. The Bertz CT molecular complexity index is 756. The van der Waals surface area contributed by atoms with Crippen molar-refractivity contribution in [1.29, 1.82) is 0 Å². The molecule has 1 aliphatic rings. The third kappa shape index (κ3) is 4.46. The second-order valence-corrected chi connectivity index (χ2v) is 8.46. The maximum Gasteiger partial charge on any atom is 0.220 e. The van der Waals surface area contributed by atoms with E-state index in [2.05, 4.69) is 5.32 Å². The van der Waals surface area contributed by atoms with Crippen molar-refractivity contribution in [3.05, 3.63) is 71.8 Å². The second-order valence-electron chi connectivity index (χ2n) is 6.25. The Morgan fingerprint density at radius 3 is 1.88 bits per heavy atom. The van der Waals surface area contributed by atoms with Crippen LogP contribution in [0.2, 0.25) is 0 Å². The van der Waals surface area contributed by atoms with E-state index in [1.54, 1.807) is 0 Å². The molecule has 1 unspecified atom stereocenters. The monoisotopic (exact) mass is 358 g/mol. The Morgan fingerprint density at radius 1 is 0.920 bits per heavy atom. The molecule has 1 heterocycles. The molecule has 25 heavy (non-hydrogen) atoms. The molecule has 2 aromatic carbocycles. The van der Waals surface area contributed by atoms with Gasteiger partial charge in [0.05, 0.1) is 5.25 Å². The molecule has 1 fully saturated rings. The molecule has 0 aliphatic carbocycles. The predicted molar refractivity (Wildman–Crippen MR) is 97.1 cm³/mol. The summed E-state index contributed by atoms with van der Waals surface area (Å²) in [6.07, 6.45) is 0.628. The van der Waals surface area contributed by atoms with Gasteiger partial charge in [-0.3, -0.25) is 4.79 Å². The molecule has 0 radical (unpaired) electrons. The van der Waals surface area contributed by atoms with Gasteiger partial charge in [-0.25, -0.2) is 8.42 Å². The van der Waals surface area contributed by atoms with Gasteiger partial charge in [0.2, 0.25) is 15.9 Å². The Labute approximate surface area is 148 Å². The quantitative estimate of drug-likeness (QED) is 0.862. The summed E-state index contributed by atoms with van der Waals surface area (Å²) in [5, 5.41) is 2.10. The van der Waals surface area contributed by atoms with Crippen LogP contribution < -0.4 is 5.32 Å². The van der Waals surface area contributed by atoms with Crippen LogP contribution in [0.1, 0.15) is 24.0 Å². The molecule has 6 heteroatoms. The lowest BCUT2D eigenvalue weighted by molar-refractivity contribution is -0.122. The second kappa shape index (κ2) is 7.80. The van der Waals surface area contributed by atoms with Crippen LogP contribution in [0, 0.1) is 0 Å². The lowest BCUT2D eigenvalue weighted by Crippen LogP contribution is -2.47. The minimum absolute atomic E-state index is 0.0795. The van der Waals surface area contributed by atoms with E-state index in [9.17, 15) is 13.2 Å². The molecule has 2 aromatic rings. The third-order valence-electron chi connectivity index (χ3n) is 4.40. The van der Waals surface area contributed by atoms with Crippen LogP contribution in [0.3, 0.4) is 0 Å². The first kappa shape index (κ1) is 17.6. The highest BCUT2D eigenvalue weighted by Gasteiger charge is 2.34. The van der Waals surface area contributed by atoms with Crippen molar-refractivity contribution in [3.63, 3.8) is 0 Å². The van der Waals surface area contributed by atoms with Gasteiger partial charge in [-0.1, -0.05) is 60.7 Å². The summed E-state index contributed by atoms with van der Waals surface area (Å²) < 4.78 is 27.9. The molecule has 0 spiro atoms. The van der Waals surface area contributed by atoms with Crippen LogP contribution in [0.15, 0.2) is 60.7 Å². The molecule has 0 aromatic heterocycles. The lowest BCUT2D eigenvalue weighted by Gasteiger charge is -2.30. The zero-order valence-electron chi connectivity index (χ0n) is 14.0. The van der Waals surface area contributed by atoms with Gasteiger partial charge in [0, 0.05) is 26.1 Å². The molecule has 0 saturated carbocycles. The lowest BCUT2D eigenvalue weighted by atomic mass is 10.1. The Kier molecular flexibility index (Phi) is 5.50. The Hall–Kier alpha value is -2.18. The van der Waals surface area contributed by atoms with Crippen molar-refractivity contribution in [2.75, 3.05) is 6.54 Å². The fourth-order valence-electron chi connectivity index (χ4n) is 2.99. The summed E-state index contributed by atoms with van der Waals surface area (Å²) in [6, 6.07) is 19.2. The van der Waals surface area contributed by atoms with Gasteiger partial charge in [0.15, 0.2) is 0 Å². The number of benzene rings is 2. The highest BCUT2D eigenvalue weighted by molar-refractivity contribution is 7.89. The van der Waals surface area contributed by atoms with Crippen molar-refractivity contribution >= 4 is 15.9 Å². The molecule has 5 nitrogen and oxygen atoms in total. The number of hydrogen-bond acceptors (Lipinski definition) is 3. The van der Waals surface area contributed by atoms with Gasteiger partial charge in [0.25, 0.3) is 0 Å². The van der Waals surface area contributed by atoms with E-state index < -0.39 is 15.3 Å². The van der Waals surface area contributed by atoms with Crippen LogP contribution in [0.4, 0.5) is 0 Å². The van der Waals surface area contributed by atoms with E-state index >= 15 is 0 Å². The first-order chi connectivity index (χ1) is 12.1. The SMILES string of the molecule is O=C1CCC(S(=O)(=O)N(Cc2ccccc2)Cc2ccccc2)CN1. The minimum Gasteiger partial charge on any atom is -0.355 e. The number of amides is 1. The number of nitrogens with one attached hydrogen (secondary N) is 1. The Balaban J connectivity index is 1.85. The standard InChI is InChI=1S/C19H22N2O3S/c22-19-12-11-18(13-20-19)25(23,24)21(14-16-7-3-1-4-8-16)15-17-9-5-2-6-10-17/h1-10,18H,11-15H2,(H,20,22). The zero-order valence-corrected chi connectivity index (χ0v) is 14.8. The zero-order chi connectivity index (χ0) is 17.7. The summed E-state index contributed by atoms with van der Waals surface area (Å²) in [5.74, 6) is -0.0795. The van der Waals surface area contributed by atoms with Crippen molar-refractivity contribution in [3.8, 4) is 0 Å². The molecule has 0 bridgehead atoms. The topological polar surface area (TPSA) is 66.5 Å². The fraction of sp³-hybridized carbons (Fsp3) is 0.316. The van der Waals surface area contributed by atoms with Crippen molar-refractivity contribution in [1.82, 2.24) is 9.62 Å². The number of nitrogens with zero attached hydrogens (tertiary/aromatic N) is 1. The average molecular weight is 358 g/mol. The van der Waals surface area contributed by atoms with E-state index in [1.807, 2.05) is 60.7 Å². The first-order valence-electron chi connectivity index (χ1n) is 8.39. The molecule has 132 valence electrons. The van der Waals surface area contributed by atoms with Gasteiger partial charge in [-0.15, -0.1) is 0 Å². The van der Waals surface area contributed by atoms with E-state index in [0.29, 0.717) is 19.5 Å².